The fourth-order valence-corrected chi connectivity index (χ4v) is 2.66. The maximum atomic E-state index is 12.2. The van der Waals surface area contributed by atoms with Gasteiger partial charge < -0.3 is 9.47 Å². The second kappa shape index (κ2) is 8.39. The molecular formula is C15H18BrClO4. The van der Waals surface area contributed by atoms with Crippen LogP contribution in [0.4, 0.5) is 0 Å². The first-order valence-corrected chi connectivity index (χ1v) is 7.95. The molecule has 6 heteroatoms. The van der Waals surface area contributed by atoms with Crippen molar-refractivity contribution in [2.24, 2.45) is 0 Å². The SMILES string of the molecule is CCOC(=O)C(Br)C(C(=O)OCC)c1ccc(C)c(Cl)c1. The minimum Gasteiger partial charge on any atom is -0.465 e. The van der Waals surface area contributed by atoms with Crippen molar-refractivity contribution in [2.75, 3.05) is 13.2 Å². The van der Waals surface area contributed by atoms with E-state index >= 15 is 0 Å². The van der Waals surface area contributed by atoms with Crippen LogP contribution in [0, 0.1) is 6.92 Å². The Bertz CT molecular complexity index is 518. The summed E-state index contributed by atoms with van der Waals surface area (Å²) in [5.74, 6) is -1.80. The Morgan fingerprint density at radius 3 is 2.29 bits per heavy atom. The number of carbonyl (C=O) groups is 2. The van der Waals surface area contributed by atoms with E-state index in [0.29, 0.717) is 10.6 Å². The third-order valence-electron chi connectivity index (χ3n) is 2.90. The van der Waals surface area contributed by atoms with Crippen LogP contribution < -0.4 is 0 Å². The van der Waals surface area contributed by atoms with E-state index in [2.05, 4.69) is 15.9 Å². The molecule has 21 heavy (non-hydrogen) atoms. The van der Waals surface area contributed by atoms with Crippen LogP contribution >= 0.6 is 27.5 Å². The summed E-state index contributed by atoms with van der Waals surface area (Å²) in [6, 6.07) is 5.23. The molecule has 0 fully saturated rings. The normalized spacial score (nSPS) is 13.4. The minimum atomic E-state index is -0.824. The lowest BCUT2D eigenvalue weighted by Crippen LogP contribution is -2.31. The molecule has 0 spiro atoms. The van der Waals surface area contributed by atoms with E-state index in [-0.39, 0.29) is 13.2 Å². The molecule has 4 nitrogen and oxygen atoms in total. The summed E-state index contributed by atoms with van der Waals surface area (Å²) in [7, 11) is 0. The summed E-state index contributed by atoms with van der Waals surface area (Å²) in [6.07, 6.45) is 0. The van der Waals surface area contributed by atoms with Gasteiger partial charge in [0.25, 0.3) is 0 Å². The van der Waals surface area contributed by atoms with Crippen molar-refractivity contribution in [3.8, 4) is 0 Å². The van der Waals surface area contributed by atoms with Gasteiger partial charge in [-0.1, -0.05) is 39.7 Å². The zero-order valence-corrected chi connectivity index (χ0v) is 14.5. The average molecular weight is 378 g/mol. The first-order chi connectivity index (χ1) is 9.92. The monoisotopic (exact) mass is 376 g/mol. The van der Waals surface area contributed by atoms with E-state index in [4.69, 9.17) is 21.1 Å². The number of ether oxygens (including phenoxy) is 2. The second-order valence-corrected chi connectivity index (χ2v) is 5.79. The Morgan fingerprint density at radius 1 is 1.19 bits per heavy atom. The molecule has 2 unspecified atom stereocenters. The average Bonchev–Trinajstić information content (AvgIpc) is 2.43. The van der Waals surface area contributed by atoms with Gasteiger partial charge in [-0.05, 0) is 38.0 Å². The molecule has 1 aromatic carbocycles. The second-order valence-electron chi connectivity index (χ2n) is 4.39. The number of esters is 2. The smallest absolute Gasteiger partial charge is 0.320 e. The molecule has 0 heterocycles. The van der Waals surface area contributed by atoms with Crippen LogP contribution in [0.3, 0.4) is 0 Å². The Labute approximate surface area is 137 Å². The lowest BCUT2D eigenvalue weighted by atomic mass is 9.95. The fourth-order valence-electron chi connectivity index (χ4n) is 1.82. The number of halogens is 2. The highest BCUT2D eigenvalue weighted by molar-refractivity contribution is 9.10. The number of alkyl halides is 1. The van der Waals surface area contributed by atoms with Gasteiger partial charge in [0.05, 0.1) is 13.2 Å². The van der Waals surface area contributed by atoms with E-state index in [0.717, 1.165) is 5.56 Å². The molecule has 0 amide bonds. The third-order valence-corrected chi connectivity index (χ3v) is 4.21. The van der Waals surface area contributed by atoms with Gasteiger partial charge in [-0.3, -0.25) is 9.59 Å². The molecular weight excluding hydrogens is 360 g/mol. The predicted octanol–water partition coefficient (Wildman–Crippen LogP) is 3.62. The number of aryl methyl sites for hydroxylation is 1. The topological polar surface area (TPSA) is 52.6 Å². The largest absolute Gasteiger partial charge is 0.465 e. The van der Waals surface area contributed by atoms with E-state index < -0.39 is 22.7 Å². The summed E-state index contributed by atoms with van der Waals surface area (Å²) in [4.78, 5) is 23.3. The summed E-state index contributed by atoms with van der Waals surface area (Å²) in [6.45, 7) is 5.76. The van der Waals surface area contributed by atoms with E-state index in [1.54, 1.807) is 32.0 Å². The van der Waals surface area contributed by atoms with Crippen molar-refractivity contribution in [3.05, 3.63) is 34.3 Å². The van der Waals surface area contributed by atoms with Gasteiger partial charge in [0.15, 0.2) is 0 Å². The van der Waals surface area contributed by atoms with Crippen LogP contribution in [0.25, 0.3) is 0 Å². The Kier molecular flexibility index (Phi) is 7.18. The number of hydrogen-bond donors (Lipinski definition) is 0. The first kappa shape index (κ1) is 18.0. The zero-order valence-electron chi connectivity index (χ0n) is 12.2. The zero-order chi connectivity index (χ0) is 16.0. The standard InChI is InChI=1S/C15H18BrClO4/c1-4-20-14(18)12(13(16)15(19)21-5-2)10-7-6-9(3)11(17)8-10/h6-8,12-13H,4-5H2,1-3H3. The Morgan fingerprint density at radius 2 is 1.76 bits per heavy atom. The maximum Gasteiger partial charge on any atom is 0.320 e. The van der Waals surface area contributed by atoms with Gasteiger partial charge in [0.2, 0.25) is 0 Å². The number of rotatable bonds is 6. The van der Waals surface area contributed by atoms with Crippen molar-refractivity contribution in [3.63, 3.8) is 0 Å². The molecule has 0 saturated carbocycles. The van der Waals surface area contributed by atoms with Gasteiger partial charge in [0.1, 0.15) is 10.7 Å². The maximum absolute atomic E-state index is 12.2. The molecule has 0 bridgehead atoms. The molecule has 1 rings (SSSR count). The predicted molar refractivity (Wildman–Crippen MR) is 84.9 cm³/mol. The summed E-state index contributed by atoms with van der Waals surface area (Å²) in [5, 5.41) is 0.533. The quantitative estimate of drug-likeness (QED) is 0.561. The van der Waals surface area contributed by atoms with Gasteiger partial charge in [-0.15, -0.1) is 0 Å². The minimum absolute atomic E-state index is 0.234. The molecule has 0 aliphatic carbocycles. The molecule has 0 aliphatic rings. The van der Waals surface area contributed by atoms with Gasteiger partial charge >= 0.3 is 11.9 Å². The van der Waals surface area contributed by atoms with Crippen molar-refractivity contribution in [1.82, 2.24) is 0 Å². The van der Waals surface area contributed by atoms with Crippen LogP contribution in [-0.2, 0) is 19.1 Å². The fraction of sp³-hybridized carbons (Fsp3) is 0.467. The highest BCUT2D eigenvalue weighted by Gasteiger charge is 2.35. The lowest BCUT2D eigenvalue weighted by molar-refractivity contribution is -0.150. The third kappa shape index (κ3) is 4.71. The van der Waals surface area contributed by atoms with Gasteiger partial charge in [-0.25, -0.2) is 0 Å². The van der Waals surface area contributed by atoms with Crippen molar-refractivity contribution >= 4 is 39.5 Å². The van der Waals surface area contributed by atoms with Crippen LogP contribution in [0.2, 0.25) is 5.02 Å². The Hall–Kier alpha value is -1.07. The highest BCUT2D eigenvalue weighted by Crippen LogP contribution is 2.30. The van der Waals surface area contributed by atoms with Crippen molar-refractivity contribution in [1.29, 1.82) is 0 Å². The van der Waals surface area contributed by atoms with Crippen molar-refractivity contribution < 1.29 is 19.1 Å². The molecule has 0 radical (unpaired) electrons. The molecule has 0 N–H and O–H groups in total. The molecule has 0 aliphatic heterocycles. The van der Waals surface area contributed by atoms with E-state index in [1.807, 2.05) is 6.92 Å². The number of carbonyl (C=O) groups excluding carboxylic acids is 2. The number of hydrogen-bond acceptors (Lipinski definition) is 4. The summed E-state index contributed by atoms with van der Waals surface area (Å²) < 4.78 is 10.0. The molecule has 0 saturated heterocycles. The molecule has 2 atom stereocenters. The van der Waals surface area contributed by atoms with Gasteiger partial charge in [-0.2, -0.15) is 0 Å². The Balaban J connectivity index is 3.15. The highest BCUT2D eigenvalue weighted by atomic mass is 79.9. The van der Waals surface area contributed by atoms with Gasteiger partial charge in [0, 0.05) is 5.02 Å². The van der Waals surface area contributed by atoms with Crippen LogP contribution in [0.5, 0.6) is 0 Å². The van der Waals surface area contributed by atoms with Crippen LogP contribution in [0.1, 0.15) is 30.9 Å². The molecule has 116 valence electrons. The van der Waals surface area contributed by atoms with Crippen molar-refractivity contribution in [2.45, 2.75) is 31.5 Å². The molecule has 1 aromatic rings. The first-order valence-electron chi connectivity index (χ1n) is 6.65. The van der Waals surface area contributed by atoms with E-state index in [9.17, 15) is 9.59 Å². The lowest BCUT2D eigenvalue weighted by Gasteiger charge is -2.20. The van der Waals surface area contributed by atoms with E-state index in [1.165, 1.54) is 0 Å². The summed E-state index contributed by atoms with van der Waals surface area (Å²) >= 11 is 9.34. The van der Waals surface area contributed by atoms with Crippen LogP contribution in [0.15, 0.2) is 18.2 Å². The number of benzene rings is 1. The van der Waals surface area contributed by atoms with Crippen LogP contribution in [-0.4, -0.2) is 30.0 Å². The summed E-state index contributed by atoms with van der Waals surface area (Å²) in [5.41, 5.74) is 1.50. The molecule has 0 aromatic heterocycles.